The number of amides is 2. The zero-order chi connectivity index (χ0) is 20.0. The van der Waals surface area contributed by atoms with Crippen molar-refractivity contribution in [1.82, 2.24) is 4.90 Å². The summed E-state index contributed by atoms with van der Waals surface area (Å²) in [5, 5.41) is -0.479. The molecule has 1 heterocycles. The summed E-state index contributed by atoms with van der Waals surface area (Å²) in [6, 6.07) is 7.34. The first-order chi connectivity index (χ1) is 12.8. The van der Waals surface area contributed by atoms with Crippen molar-refractivity contribution >= 4 is 35.0 Å². The monoisotopic (exact) mass is 391 g/mol. The van der Waals surface area contributed by atoms with E-state index in [-0.39, 0.29) is 23.7 Å². The Bertz CT molecular complexity index is 746. The van der Waals surface area contributed by atoms with Crippen molar-refractivity contribution in [3.8, 4) is 5.75 Å². The highest BCUT2D eigenvalue weighted by Gasteiger charge is 2.37. The number of ether oxygens (including phenoxy) is 2. The average molecular weight is 391 g/mol. The van der Waals surface area contributed by atoms with Crippen LogP contribution in [0, 0.1) is 0 Å². The zero-order valence-corrected chi connectivity index (χ0v) is 16.9. The van der Waals surface area contributed by atoms with Crippen LogP contribution in [-0.4, -0.2) is 40.8 Å². The molecule has 0 spiro atoms. The summed E-state index contributed by atoms with van der Waals surface area (Å²) in [4.78, 5) is 37.8. The molecule has 0 radical (unpaired) electrons. The standard InChI is InChI=1S/C20H25NO5S/c1-5-13(3)25-16-10-8-7-9-15(16)11-17-19(23)21(20(24)27-17)12-18(22)26-14(4)6-2/h7-11,13-14H,5-6,12H2,1-4H3/b17-11+/t13-,14-/m0/s1. The highest BCUT2D eigenvalue weighted by molar-refractivity contribution is 8.18. The molecule has 0 aromatic heterocycles. The molecule has 0 saturated carbocycles. The predicted octanol–water partition coefficient (Wildman–Crippen LogP) is 4.24. The summed E-state index contributed by atoms with van der Waals surface area (Å²) in [5.74, 6) is -0.437. The van der Waals surface area contributed by atoms with Gasteiger partial charge in [-0.15, -0.1) is 0 Å². The maximum atomic E-state index is 12.6. The van der Waals surface area contributed by atoms with Gasteiger partial charge in [0, 0.05) is 5.56 Å². The van der Waals surface area contributed by atoms with Gasteiger partial charge in [-0.2, -0.15) is 0 Å². The van der Waals surface area contributed by atoms with Crippen LogP contribution in [0.25, 0.3) is 6.08 Å². The quantitative estimate of drug-likeness (QED) is 0.487. The van der Waals surface area contributed by atoms with Crippen LogP contribution < -0.4 is 4.74 Å². The first-order valence-corrected chi connectivity index (χ1v) is 9.87. The first-order valence-electron chi connectivity index (χ1n) is 9.06. The first kappa shape index (κ1) is 21.0. The second-order valence-electron chi connectivity index (χ2n) is 6.35. The molecule has 6 nitrogen and oxygen atoms in total. The van der Waals surface area contributed by atoms with Crippen molar-refractivity contribution in [2.75, 3.05) is 6.54 Å². The highest BCUT2D eigenvalue weighted by Crippen LogP contribution is 2.34. The molecule has 1 aromatic rings. The van der Waals surface area contributed by atoms with Crippen molar-refractivity contribution in [1.29, 1.82) is 0 Å². The topological polar surface area (TPSA) is 72.9 Å². The van der Waals surface area contributed by atoms with Gasteiger partial charge < -0.3 is 9.47 Å². The van der Waals surface area contributed by atoms with E-state index in [1.165, 1.54) is 0 Å². The third-order valence-electron chi connectivity index (χ3n) is 4.18. The summed E-state index contributed by atoms with van der Waals surface area (Å²) in [6.07, 6.45) is 2.93. The summed E-state index contributed by atoms with van der Waals surface area (Å²) in [6.45, 7) is 7.27. The molecule has 0 bridgehead atoms. The van der Waals surface area contributed by atoms with Crippen molar-refractivity contribution in [3.63, 3.8) is 0 Å². The molecule has 1 aliphatic heterocycles. The Kier molecular flexibility index (Phi) is 7.47. The number of rotatable bonds is 8. The van der Waals surface area contributed by atoms with Crippen molar-refractivity contribution in [2.45, 2.75) is 52.7 Å². The molecular formula is C20H25NO5S. The van der Waals surface area contributed by atoms with E-state index in [0.29, 0.717) is 17.7 Å². The largest absolute Gasteiger partial charge is 0.490 e. The maximum Gasteiger partial charge on any atom is 0.326 e. The van der Waals surface area contributed by atoms with Gasteiger partial charge in [0.1, 0.15) is 12.3 Å². The lowest BCUT2D eigenvalue weighted by Crippen LogP contribution is -2.35. The minimum absolute atomic E-state index is 0.0324. The van der Waals surface area contributed by atoms with E-state index in [0.717, 1.165) is 23.1 Å². The molecule has 2 rings (SSSR count). The number of imide groups is 1. The van der Waals surface area contributed by atoms with E-state index in [1.807, 2.05) is 45.0 Å². The van der Waals surface area contributed by atoms with Crippen LogP contribution in [0.3, 0.4) is 0 Å². The summed E-state index contributed by atoms with van der Waals surface area (Å²) in [7, 11) is 0. The Morgan fingerprint density at radius 2 is 1.81 bits per heavy atom. The van der Waals surface area contributed by atoms with E-state index in [2.05, 4.69) is 0 Å². The van der Waals surface area contributed by atoms with Gasteiger partial charge in [0.15, 0.2) is 0 Å². The van der Waals surface area contributed by atoms with E-state index in [4.69, 9.17) is 9.47 Å². The Morgan fingerprint density at radius 1 is 1.15 bits per heavy atom. The fourth-order valence-electron chi connectivity index (χ4n) is 2.26. The number of thioether (sulfide) groups is 1. The molecule has 27 heavy (non-hydrogen) atoms. The molecule has 1 fully saturated rings. The number of hydrogen-bond donors (Lipinski definition) is 0. The Balaban J connectivity index is 2.16. The number of carbonyl (C=O) groups excluding carboxylic acids is 3. The third kappa shape index (κ3) is 5.60. The minimum Gasteiger partial charge on any atom is -0.490 e. The van der Waals surface area contributed by atoms with Gasteiger partial charge in [-0.3, -0.25) is 19.3 Å². The number of hydrogen-bond acceptors (Lipinski definition) is 6. The molecule has 2 atom stereocenters. The lowest BCUT2D eigenvalue weighted by molar-refractivity contribution is -0.150. The van der Waals surface area contributed by atoms with Crippen LogP contribution in [0.1, 0.15) is 46.1 Å². The van der Waals surface area contributed by atoms with Crippen LogP contribution in [0.15, 0.2) is 29.2 Å². The van der Waals surface area contributed by atoms with Crippen molar-refractivity contribution < 1.29 is 23.9 Å². The summed E-state index contributed by atoms with van der Waals surface area (Å²) in [5.41, 5.74) is 0.713. The SMILES string of the molecule is CC[C@H](C)OC(=O)CN1C(=O)S/C(=C/c2ccccc2O[C@@H](C)CC)C1=O. The van der Waals surface area contributed by atoms with Crippen LogP contribution in [0.2, 0.25) is 0 Å². The fourth-order valence-corrected chi connectivity index (χ4v) is 3.09. The maximum absolute atomic E-state index is 12.6. The van der Waals surface area contributed by atoms with Crippen LogP contribution >= 0.6 is 11.8 Å². The third-order valence-corrected chi connectivity index (χ3v) is 5.08. The zero-order valence-electron chi connectivity index (χ0n) is 16.1. The molecule has 0 aliphatic carbocycles. The molecule has 0 unspecified atom stereocenters. The van der Waals surface area contributed by atoms with Gasteiger partial charge in [-0.25, -0.2) is 0 Å². The molecular weight excluding hydrogens is 366 g/mol. The van der Waals surface area contributed by atoms with Crippen molar-refractivity contribution in [3.05, 3.63) is 34.7 Å². The number of carbonyl (C=O) groups is 3. The lowest BCUT2D eigenvalue weighted by Gasteiger charge is -2.15. The summed E-state index contributed by atoms with van der Waals surface area (Å²) < 4.78 is 11.0. The molecule has 0 N–H and O–H groups in total. The number of para-hydroxylation sites is 1. The molecule has 1 aromatic carbocycles. The smallest absolute Gasteiger partial charge is 0.326 e. The van der Waals surface area contributed by atoms with E-state index >= 15 is 0 Å². The summed E-state index contributed by atoms with van der Waals surface area (Å²) >= 11 is 0.812. The molecule has 7 heteroatoms. The minimum atomic E-state index is -0.589. The number of benzene rings is 1. The number of nitrogens with zero attached hydrogens (tertiary/aromatic N) is 1. The predicted molar refractivity (Wildman–Crippen MR) is 105 cm³/mol. The van der Waals surface area contributed by atoms with Gasteiger partial charge in [-0.05, 0) is 50.6 Å². The van der Waals surface area contributed by atoms with Gasteiger partial charge >= 0.3 is 5.97 Å². The van der Waals surface area contributed by atoms with Crippen LogP contribution in [0.5, 0.6) is 5.75 Å². The van der Waals surface area contributed by atoms with Gasteiger partial charge in [0.2, 0.25) is 0 Å². The van der Waals surface area contributed by atoms with Crippen molar-refractivity contribution in [2.24, 2.45) is 0 Å². The van der Waals surface area contributed by atoms with Crippen LogP contribution in [-0.2, 0) is 14.3 Å². The van der Waals surface area contributed by atoms with E-state index < -0.39 is 17.1 Å². The van der Waals surface area contributed by atoms with Gasteiger partial charge in [0.25, 0.3) is 11.1 Å². The Hall–Kier alpha value is -2.28. The normalized spacial score (nSPS) is 17.9. The molecule has 146 valence electrons. The van der Waals surface area contributed by atoms with Crippen LogP contribution in [0.4, 0.5) is 4.79 Å². The van der Waals surface area contributed by atoms with Gasteiger partial charge in [0.05, 0.1) is 17.1 Å². The fraction of sp³-hybridized carbons (Fsp3) is 0.450. The second-order valence-corrected chi connectivity index (χ2v) is 7.34. The van der Waals surface area contributed by atoms with E-state index in [9.17, 15) is 14.4 Å². The molecule has 1 aliphatic rings. The highest BCUT2D eigenvalue weighted by atomic mass is 32.2. The number of esters is 1. The molecule has 2 amide bonds. The lowest BCUT2D eigenvalue weighted by atomic mass is 10.1. The Morgan fingerprint density at radius 3 is 2.48 bits per heavy atom. The van der Waals surface area contributed by atoms with E-state index in [1.54, 1.807) is 13.0 Å². The Labute approximate surface area is 163 Å². The molecule has 1 saturated heterocycles. The average Bonchev–Trinajstić information content (AvgIpc) is 2.90. The second kappa shape index (κ2) is 9.60. The van der Waals surface area contributed by atoms with Gasteiger partial charge in [-0.1, -0.05) is 32.0 Å².